The van der Waals surface area contributed by atoms with E-state index in [9.17, 15) is 17.6 Å². The van der Waals surface area contributed by atoms with E-state index in [4.69, 9.17) is 51.1 Å². The van der Waals surface area contributed by atoms with Crippen LogP contribution in [0.15, 0.2) is 6.07 Å². The van der Waals surface area contributed by atoms with Crippen molar-refractivity contribution in [1.82, 2.24) is 0 Å². The van der Waals surface area contributed by atoms with Crippen LogP contribution in [-0.4, -0.2) is 0 Å². The largest absolute Gasteiger partial charge is 0.448 e. The van der Waals surface area contributed by atoms with E-state index in [0.717, 1.165) is 0 Å². The smallest absolute Gasteiger partial charge is 0.204 e. The zero-order valence-corrected chi connectivity index (χ0v) is 15.1. The molecule has 0 amide bonds. The zero-order valence-electron chi connectivity index (χ0n) is 9.89. The molecule has 0 spiro atoms. The Morgan fingerprint density at radius 2 is 1.14 bits per heavy atom. The maximum Gasteiger partial charge on any atom is 0.204 e. The van der Waals surface area contributed by atoms with Gasteiger partial charge in [-0.2, -0.15) is 8.78 Å². The third kappa shape index (κ3) is 3.08. The van der Waals surface area contributed by atoms with Crippen molar-refractivity contribution >= 4 is 69.0 Å². The van der Waals surface area contributed by atoms with Crippen molar-refractivity contribution in [3.05, 3.63) is 53.0 Å². The first-order valence-corrected chi connectivity index (χ1v) is 7.78. The molecule has 0 aliphatic heterocycles. The van der Waals surface area contributed by atoms with Crippen molar-refractivity contribution in [3.63, 3.8) is 0 Å². The Kier molecular flexibility index (Phi) is 5.59. The van der Waals surface area contributed by atoms with Crippen LogP contribution in [0.1, 0.15) is 0 Å². The molecule has 0 N–H and O–H groups in total. The van der Waals surface area contributed by atoms with Gasteiger partial charge >= 0.3 is 0 Å². The minimum atomic E-state index is -1.75. The molecule has 0 radical (unpaired) electrons. The lowest BCUT2D eigenvalue weighted by Crippen LogP contribution is -2.01. The van der Waals surface area contributed by atoms with Crippen molar-refractivity contribution in [2.24, 2.45) is 0 Å². The molecule has 0 aliphatic rings. The fraction of sp³-hybridized carbons (Fsp3) is 0. The van der Waals surface area contributed by atoms with Gasteiger partial charge in [0.2, 0.25) is 17.4 Å². The molecule has 118 valence electrons. The van der Waals surface area contributed by atoms with E-state index in [1.54, 1.807) is 22.6 Å². The second-order valence-electron chi connectivity index (χ2n) is 3.80. The number of benzene rings is 2. The van der Waals surface area contributed by atoms with Gasteiger partial charge in [-0.15, -0.1) is 0 Å². The van der Waals surface area contributed by atoms with E-state index >= 15 is 0 Å². The van der Waals surface area contributed by atoms with Crippen LogP contribution in [0.2, 0.25) is 20.1 Å². The second kappa shape index (κ2) is 6.76. The number of ether oxygens (including phenoxy) is 1. The summed E-state index contributed by atoms with van der Waals surface area (Å²) in [7, 11) is 0. The monoisotopic (exact) mass is 504 g/mol. The fourth-order valence-corrected chi connectivity index (χ4v) is 3.19. The lowest BCUT2D eigenvalue weighted by atomic mass is 10.3. The highest BCUT2D eigenvalue weighted by Crippen LogP contribution is 2.48. The molecular weight excluding hydrogens is 505 g/mol. The normalized spacial score (nSPS) is 11.0. The lowest BCUT2D eigenvalue weighted by Gasteiger charge is -2.14. The molecule has 1 nitrogen and oxygen atoms in total. The first-order chi connectivity index (χ1) is 10.2. The average molecular weight is 506 g/mol. The van der Waals surface area contributed by atoms with E-state index < -0.39 is 34.8 Å². The van der Waals surface area contributed by atoms with Crippen LogP contribution in [0.3, 0.4) is 0 Å². The SMILES string of the molecule is Fc1cc(F)c(F)c(Oc2c(Cl)c(Cl)c(I)c(Cl)c2Cl)c1F. The van der Waals surface area contributed by atoms with Crippen LogP contribution in [0.25, 0.3) is 0 Å². The molecule has 2 rings (SSSR count). The summed E-state index contributed by atoms with van der Waals surface area (Å²) in [4.78, 5) is 0. The van der Waals surface area contributed by atoms with E-state index in [1.807, 2.05) is 0 Å². The van der Waals surface area contributed by atoms with Gasteiger partial charge in [0.25, 0.3) is 0 Å². The predicted molar refractivity (Wildman–Crippen MR) is 85.5 cm³/mol. The summed E-state index contributed by atoms with van der Waals surface area (Å²) in [5.74, 6) is -8.68. The molecule has 0 bridgehead atoms. The van der Waals surface area contributed by atoms with Crippen molar-refractivity contribution < 1.29 is 22.3 Å². The summed E-state index contributed by atoms with van der Waals surface area (Å²) < 4.78 is 58.6. The maximum absolute atomic E-state index is 13.6. The molecule has 0 saturated heterocycles. The van der Waals surface area contributed by atoms with Crippen LogP contribution >= 0.6 is 69.0 Å². The van der Waals surface area contributed by atoms with Gasteiger partial charge in [-0.05, 0) is 22.6 Å². The minimum absolute atomic E-state index is 0.0363. The van der Waals surface area contributed by atoms with Crippen molar-refractivity contribution in [2.75, 3.05) is 0 Å². The van der Waals surface area contributed by atoms with Crippen LogP contribution < -0.4 is 4.74 Å². The highest BCUT2D eigenvalue weighted by molar-refractivity contribution is 14.1. The topological polar surface area (TPSA) is 9.23 Å². The first-order valence-electron chi connectivity index (χ1n) is 5.19. The minimum Gasteiger partial charge on any atom is -0.448 e. The van der Waals surface area contributed by atoms with Crippen molar-refractivity contribution in [3.8, 4) is 11.5 Å². The lowest BCUT2D eigenvalue weighted by molar-refractivity contribution is 0.366. The van der Waals surface area contributed by atoms with Crippen molar-refractivity contribution in [2.45, 2.75) is 0 Å². The summed E-state index contributed by atoms with van der Waals surface area (Å²) >= 11 is 25.2. The number of halogens is 9. The van der Waals surface area contributed by atoms with Crippen LogP contribution in [0.5, 0.6) is 11.5 Å². The molecule has 0 fully saturated rings. The Bertz CT molecular complexity index is 729. The van der Waals surface area contributed by atoms with Gasteiger partial charge in [-0.25, -0.2) is 8.78 Å². The molecule has 0 aliphatic carbocycles. The Labute approximate surface area is 155 Å². The molecule has 0 unspecified atom stereocenters. The van der Waals surface area contributed by atoms with Gasteiger partial charge in [-0.3, -0.25) is 0 Å². The van der Waals surface area contributed by atoms with Crippen LogP contribution in [0.4, 0.5) is 17.6 Å². The van der Waals surface area contributed by atoms with Gasteiger partial charge in [0.05, 0.1) is 13.6 Å². The van der Waals surface area contributed by atoms with Gasteiger partial charge in [0.1, 0.15) is 10.0 Å². The van der Waals surface area contributed by atoms with Gasteiger partial charge < -0.3 is 4.74 Å². The van der Waals surface area contributed by atoms with E-state index in [-0.39, 0.29) is 29.7 Å². The van der Waals surface area contributed by atoms with Gasteiger partial charge in [0, 0.05) is 6.07 Å². The highest BCUT2D eigenvalue weighted by Gasteiger charge is 2.26. The highest BCUT2D eigenvalue weighted by atomic mass is 127. The summed E-state index contributed by atoms with van der Waals surface area (Å²) in [5, 5.41) is -0.818. The fourth-order valence-electron chi connectivity index (χ4n) is 1.42. The Morgan fingerprint density at radius 3 is 1.55 bits per heavy atom. The molecule has 2 aromatic carbocycles. The number of hydrogen-bond acceptors (Lipinski definition) is 1. The maximum atomic E-state index is 13.6. The summed E-state index contributed by atoms with van der Waals surface area (Å²) in [6.07, 6.45) is 0. The van der Waals surface area contributed by atoms with Gasteiger partial charge in [-0.1, -0.05) is 46.4 Å². The Balaban J connectivity index is 2.68. The van der Waals surface area contributed by atoms with E-state index in [1.165, 1.54) is 0 Å². The quantitative estimate of drug-likeness (QED) is 0.181. The molecule has 0 saturated carbocycles. The molecule has 10 heteroatoms. The summed E-state index contributed by atoms with van der Waals surface area (Å²) in [6.45, 7) is 0. The molecule has 22 heavy (non-hydrogen) atoms. The predicted octanol–water partition coefficient (Wildman–Crippen LogP) is 7.25. The number of hydrogen-bond donors (Lipinski definition) is 0. The molecule has 0 aromatic heterocycles. The van der Waals surface area contributed by atoms with Crippen LogP contribution in [-0.2, 0) is 0 Å². The van der Waals surface area contributed by atoms with Crippen LogP contribution in [0, 0.1) is 26.8 Å². The summed E-state index contributed by atoms with van der Waals surface area (Å²) in [5.41, 5.74) is 0. The zero-order chi connectivity index (χ0) is 16.8. The second-order valence-corrected chi connectivity index (χ2v) is 6.39. The third-order valence-electron chi connectivity index (χ3n) is 2.45. The Morgan fingerprint density at radius 1 is 0.727 bits per heavy atom. The molecular formula is C12HCl4F4IO. The standard InChI is InChI=1S/C12HCl4F4IO/c13-4-6(15)11(7(16)5(14)10(4)21)22-12-8(19)2(17)1-3(18)9(12)20/h1H. The average Bonchev–Trinajstić information content (AvgIpc) is 2.48. The molecule has 0 atom stereocenters. The Hall–Kier alpha value is -0.150. The van der Waals surface area contributed by atoms with E-state index in [0.29, 0.717) is 0 Å². The molecule has 0 heterocycles. The first kappa shape index (κ1) is 18.2. The number of rotatable bonds is 2. The molecule has 2 aromatic rings. The third-order valence-corrected chi connectivity index (χ3v) is 5.83. The van der Waals surface area contributed by atoms with Crippen molar-refractivity contribution in [1.29, 1.82) is 0 Å². The summed E-state index contributed by atoms with van der Waals surface area (Å²) in [6, 6.07) is 0.0363. The van der Waals surface area contributed by atoms with E-state index in [2.05, 4.69) is 0 Å². The van der Waals surface area contributed by atoms with Gasteiger partial charge in [0.15, 0.2) is 17.4 Å².